The average Bonchev–Trinajstić information content (AvgIpc) is 2.76. The van der Waals surface area contributed by atoms with Crippen LogP contribution in [0, 0.1) is 18.6 Å². The van der Waals surface area contributed by atoms with E-state index in [0.29, 0.717) is 45.2 Å². The number of rotatable bonds is 8. The van der Waals surface area contributed by atoms with Gasteiger partial charge in [-0.15, -0.1) is 0 Å². The summed E-state index contributed by atoms with van der Waals surface area (Å²) in [5.74, 6) is 4.66. The van der Waals surface area contributed by atoms with Gasteiger partial charge in [-0.2, -0.15) is 0 Å². The molecule has 0 amide bonds. The van der Waals surface area contributed by atoms with Gasteiger partial charge in [-0.3, -0.25) is 4.98 Å². The van der Waals surface area contributed by atoms with Crippen molar-refractivity contribution in [1.82, 2.24) is 9.97 Å². The van der Waals surface area contributed by atoms with E-state index in [1.54, 1.807) is 32.2 Å². The Morgan fingerprint density at radius 3 is 2.38 bits per heavy atom. The zero-order valence-corrected chi connectivity index (χ0v) is 19.7. The number of hydrazine groups is 1. The van der Waals surface area contributed by atoms with Crippen molar-refractivity contribution in [3.8, 4) is 11.1 Å². The molecular formula is C26H28F3N5. The Bertz CT molecular complexity index is 1260. The maximum atomic E-state index is 15.0. The van der Waals surface area contributed by atoms with E-state index in [1.165, 1.54) is 20.0 Å². The largest absolute Gasteiger partial charge is 0.358 e. The molecule has 0 aliphatic heterocycles. The number of nitrogens with zero attached hydrogens (tertiary/aromatic N) is 2. The Kier molecular flexibility index (Phi) is 7.12. The number of aryl methyl sites for hydroxylation is 1. The normalized spacial score (nSPS) is 11.3. The maximum Gasteiger partial charge on any atom is 0.147 e. The number of allylic oxidation sites excluding steroid dienone is 2. The van der Waals surface area contributed by atoms with Crippen molar-refractivity contribution in [2.45, 2.75) is 39.8 Å². The predicted octanol–water partition coefficient (Wildman–Crippen LogP) is 6.42. The van der Waals surface area contributed by atoms with Gasteiger partial charge in [-0.1, -0.05) is 13.2 Å². The topological polar surface area (TPSA) is 75.9 Å². The number of alkyl halides is 1. The van der Waals surface area contributed by atoms with Crippen molar-refractivity contribution in [3.05, 3.63) is 89.5 Å². The van der Waals surface area contributed by atoms with E-state index in [1.807, 2.05) is 0 Å². The Labute approximate surface area is 197 Å². The van der Waals surface area contributed by atoms with Crippen LogP contribution in [0.4, 0.5) is 24.7 Å². The summed E-state index contributed by atoms with van der Waals surface area (Å²) in [7, 11) is 0. The summed E-state index contributed by atoms with van der Waals surface area (Å²) in [4.78, 5) is 8.38. The molecule has 3 aromatic rings. The van der Waals surface area contributed by atoms with E-state index in [9.17, 15) is 13.2 Å². The van der Waals surface area contributed by atoms with E-state index >= 15 is 0 Å². The number of hydrogen-bond acceptors (Lipinski definition) is 5. The van der Waals surface area contributed by atoms with Crippen LogP contribution in [0.5, 0.6) is 0 Å². The fraction of sp³-hybridized carbons (Fsp3) is 0.231. The molecule has 1 aromatic carbocycles. The number of benzene rings is 1. The molecule has 0 saturated carbocycles. The number of hydrogen-bond donors (Lipinski definition) is 3. The lowest BCUT2D eigenvalue weighted by Crippen LogP contribution is -2.13. The van der Waals surface area contributed by atoms with Gasteiger partial charge in [0.15, 0.2) is 0 Å². The molecule has 4 N–H and O–H groups in total. The van der Waals surface area contributed by atoms with Crippen LogP contribution in [-0.2, 0) is 12.1 Å². The first kappa shape index (κ1) is 25.0. The Balaban J connectivity index is 1.84. The van der Waals surface area contributed by atoms with E-state index in [-0.39, 0.29) is 17.5 Å². The number of nitrogen functional groups attached to an aromatic ring is 1. The van der Waals surface area contributed by atoms with Crippen LogP contribution in [0.3, 0.4) is 0 Å². The lowest BCUT2D eigenvalue weighted by atomic mass is 9.98. The van der Waals surface area contributed by atoms with Crippen molar-refractivity contribution in [2.24, 2.45) is 5.84 Å². The van der Waals surface area contributed by atoms with Crippen LogP contribution in [-0.4, -0.2) is 9.97 Å². The van der Waals surface area contributed by atoms with Crippen molar-refractivity contribution in [3.63, 3.8) is 0 Å². The fourth-order valence-electron chi connectivity index (χ4n) is 3.68. The molecule has 0 radical (unpaired) electrons. The van der Waals surface area contributed by atoms with E-state index in [4.69, 9.17) is 5.84 Å². The average molecular weight is 468 g/mol. The van der Waals surface area contributed by atoms with Crippen LogP contribution < -0.4 is 16.6 Å². The number of nitrogens with two attached hydrogens (primary N) is 1. The summed E-state index contributed by atoms with van der Waals surface area (Å²) in [6.45, 7) is 14.2. The molecule has 0 spiro atoms. The molecule has 34 heavy (non-hydrogen) atoms. The second-order valence-corrected chi connectivity index (χ2v) is 8.70. The number of pyridine rings is 2. The van der Waals surface area contributed by atoms with Gasteiger partial charge in [0.1, 0.15) is 23.1 Å². The zero-order chi connectivity index (χ0) is 25.2. The second kappa shape index (κ2) is 9.69. The predicted molar refractivity (Wildman–Crippen MR) is 132 cm³/mol. The Morgan fingerprint density at radius 1 is 1.06 bits per heavy atom. The maximum absolute atomic E-state index is 15.0. The molecule has 3 rings (SSSR count). The third kappa shape index (κ3) is 5.46. The summed E-state index contributed by atoms with van der Waals surface area (Å²) in [5.41, 5.74) is 4.68. The van der Waals surface area contributed by atoms with E-state index in [0.717, 1.165) is 12.1 Å². The molecule has 0 fully saturated rings. The standard InChI is InChI=1S/C26H28F3N5/c1-14(2)20-8-18(12-32-25(20)34-30)21-11-23(27)17(9-24(21)28)7-15(3)33-19-10-22(26(5,6)29)16(4)31-13-19/h8-13,33H,1,3,7,30H2,2,4-6H3,(H,32,34). The monoisotopic (exact) mass is 467 g/mol. The quantitative estimate of drug-likeness (QED) is 0.263. The smallest absolute Gasteiger partial charge is 0.147 e. The highest BCUT2D eigenvalue weighted by molar-refractivity contribution is 5.77. The molecular weight excluding hydrogens is 439 g/mol. The summed E-state index contributed by atoms with van der Waals surface area (Å²) in [6, 6.07) is 5.55. The lowest BCUT2D eigenvalue weighted by Gasteiger charge is -2.19. The molecule has 2 heterocycles. The highest BCUT2D eigenvalue weighted by Crippen LogP contribution is 2.31. The van der Waals surface area contributed by atoms with Crippen LogP contribution in [0.25, 0.3) is 16.7 Å². The van der Waals surface area contributed by atoms with Crippen molar-refractivity contribution in [1.29, 1.82) is 0 Å². The molecule has 0 aliphatic rings. The van der Waals surface area contributed by atoms with Gasteiger partial charge in [0.05, 0.1) is 11.9 Å². The van der Waals surface area contributed by atoms with Crippen LogP contribution >= 0.6 is 0 Å². The van der Waals surface area contributed by atoms with Crippen LogP contribution in [0.15, 0.2) is 55.5 Å². The molecule has 0 aliphatic carbocycles. The third-order valence-corrected chi connectivity index (χ3v) is 5.38. The van der Waals surface area contributed by atoms with Gasteiger partial charge in [-0.05, 0) is 63.1 Å². The van der Waals surface area contributed by atoms with Crippen LogP contribution in [0.2, 0.25) is 0 Å². The SMILES string of the molecule is C=C(Cc1cc(F)c(-c2cnc(NN)c(C(=C)C)c2)cc1F)Nc1cnc(C)c(C(C)(C)F)c1. The number of halogens is 3. The van der Waals surface area contributed by atoms with Crippen molar-refractivity contribution >= 4 is 17.1 Å². The van der Waals surface area contributed by atoms with E-state index in [2.05, 4.69) is 33.9 Å². The van der Waals surface area contributed by atoms with Gasteiger partial charge in [-0.25, -0.2) is 24.0 Å². The summed E-state index contributed by atoms with van der Waals surface area (Å²) in [6.07, 6.45) is 2.98. The van der Waals surface area contributed by atoms with Gasteiger partial charge < -0.3 is 10.7 Å². The number of nitrogens with one attached hydrogen (secondary N) is 2. The molecule has 178 valence electrons. The molecule has 0 unspecified atom stereocenters. The fourth-order valence-corrected chi connectivity index (χ4v) is 3.68. The second-order valence-electron chi connectivity index (χ2n) is 8.70. The van der Waals surface area contributed by atoms with Gasteiger partial charge in [0, 0.05) is 46.3 Å². The van der Waals surface area contributed by atoms with Gasteiger partial charge >= 0.3 is 0 Å². The minimum absolute atomic E-state index is 0.0244. The molecule has 0 saturated heterocycles. The van der Waals surface area contributed by atoms with Gasteiger partial charge in [0.2, 0.25) is 0 Å². The molecule has 2 aromatic heterocycles. The first-order valence-electron chi connectivity index (χ1n) is 10.6. The zero-order valence-electron chi connectivity index (χ0n) is 19.7. The number of anilines is 2. The van der Waals surface area contributed by atoms with Gasteiger partial charge in [0.25, 0.3) is 0 Å². The Hall–Kier alpha value is -3.65. The third-order valence-electron chi connectivity index (χ3n) is 5.38. The summed E-state index contributed by atoms with van der Waals surface area (Å²) < 4.78 is 44.3. The summed E-state index contributed by atoms with van der Waals surface area (Å²) >= 11 is 0. The Morgan fingerprint density at radius 2 is 1.76 bits per heavy atom. The summed E-state index contributed by atoms with van der Waals surface area (Å²) in [5, 5.41) is 3.00. The first-order chi connectivity index (χ1) is 15.9. The minimum atomic E-state index is -1.57. The van der Waals surface area contributed by atoms with E-state index < -0.39 is 17.3 Å². The van der Waals surface area contributed by atoms with Crippen molar-refractivity contribution in [2.75, 3.05) is 10.7 Å². The highest BCUT2D eigenvalue weighted by atomic mass is 19.1. The first-order valence-corrected chi connectivity index (χ1v) is 10.6. The highest BCUT2D eigenvalue weighted by Gasteiger charge is 2.22. The number of aromatic nitrogens is 2. The lowest BCUT2D eigenvalue weighted by molar-refractivity contribution is 0.219. The van der Waals surface area contributed by atoms with Crippen LogP contribution in [0.1, 0.15) is 43.2 Å². The molecule has 8 heteroatoms. The molecule has 0 bridgehead atoms. The molecule has 0 atom stereocenters. The van der Waals surface area contributed by atoms with Crippen molar-refractivity contribution < 1.29 is 13.2 Å². The minimum Gasteiger partial charge on any atom is -0.358 e. The molecule has 5 nitrogen and oxygen atoms in total.